The molecule has 0 aliphatic heterocycles. The number of amides is 3. The monoisotopic (exact) mass is 313 g/mol. The van der Waals surface area contributed by atoms with E-state index in [-0.39, 0.29) is 11.3 Å². The zero-order chi connectivity index (χ0) is 15.7. The summed E-state index contributed by atoms with van der Waals surface area (Å²) in [5, 5.41) is 13.8. The summed E-state index contributed by atoms with van der Waals surface area (Å²) in [6.45, 7) is 0.646. The van der Waals surface area contributed by atoms with Gasteiger partial charge in [0.15, 0.2) is 0 Å². The fourth-order valence-corrected chi connectivity index (χ4v) is 1.93. The molecule has 0 atom stereocenters. The van der Waals surface area contributed by atoms with Gasteiger partial charge >= 0.3 is 12.0 Å². The number of carboxylic acids is 1. The van der Waals surface area contributed by atoms with Gasteiger partial charge in [-0.05, 0) is 12.1 Å². The van der Waals surface area contributed by atoms with Gasteiger partial charge < -0.3 is 15.2 Å². The Bertz CT molecular complexity index is 523. The van der Waals surface area contributed by atoms with Gasteiger partial charge in [0.1, 0.15) is 0 Å². The van der Waals surface area contributed by atoms with Gasteiger partial charge in [-0.2, -0.15) is 0 Å². The average Bonchev–Trinajstić information content (AvgIpc) is 2.45. The van der Waals surface area contributed by atoms with Crippen LogP contribution in [0.25, 0.3) is 0 Å². The molecule has 0 radical (unpaired) electrons. The molecule has 0 unspecified atom stereocenters. The van der Waals surface area contributed by atoms with Crippen molar-refractivity contribution in [2.45, 2.75) is 5.03 Å². The molecule has 1 rings (SSSR count). The minimum Gasteiger partial charge on any atom is -0.478 e. The maximum Gasteiger partial charge on any atom is 0.335 e. The van der Waals surface area contributed by atoms with Gasteiger partial charge in [-0.25, -0.2) is 14.6 Å². The molecular formula is C12H15N3O5S. The van der Waals surface area contributed by atoms with Crippen LogP contribution in [0.15, 0.2) is 23.4 Å². The quantitative estimate of drug-likeness (QED) is 0.491. The van der Waals surface area contributed by atoms with Crippen molar-refractivity contribution in [3.05, 3.63) is 23.9 Å². The number of carboxylic acid groups (broad SMARTS) is 1. The maximum atomic E-state index is 11.5. The molecule has 114 valence electrons. The van der Waals surface area contributed by atoms with Gasteiger partial charge in [0.05, 0.1) is 22.9 Å². The van der Waals surface area contributed by atoms with Crippen LogP contribution in [0.2, 0.25) is 0 Å². The minimum atomic E-state index is -1.07. The predicted molar refractivity (Wildman–Crippen MR) is 75.3 cm³/mol. The number of carbonyl (C=O) groups is 3. The lowest BCUT2D eigenvalue weighted by Gasteiger charge is -2.06. The van der Waals surface area contributed by atoms with Crippen LogP contribution in [0, 0.1) is 0 Å². The number of carbonyl (C=O) groups excluding carboxylic acids is 2. The summed E-state index contributed by atoms with van der Waals surface area (Å²) in [4.78, 5) is 37.5. The number of hydrogen-bond donors (Lipinski definition) is 3. The van der Waals surface area contributed by atoms with E-state index in [4.69, 9.17) is 9.84 Å². The van der Waals surface area contributed by atoms with Gasteiger partial charge in [0, 0.05) is 19.9 Å². The predicted octanol–water partition coefficient (Wildman–Crippen LogP) is 0.344. The molecule has 0 aliphatic rings. The van der Waals surface area contributed by atoms with E-state index in [1.54, 1.807) is 0 Å². The highest BCUT2D eigenvalue weighted by Gasteiger charge is 2.09. The van der Waals surface area contributed by atoms with E-state index >= 15 is 0 Å². The van der Waals surface area contributed by atoms with Crippen molar-refractivity contribution < 1.29 is 24.2 Å². The molecule has 0 saturated carbocycles. The molecule has 1 aromatic heterocycles. The number of aromatic nitrogens is 1. The molecule has 1 aromatic rings. The van der Waals surface area contributed by atoms with Crippen molar-refractivity contribution in [1.82, 2.24) is 15.6 Å². The summed E-state index contributed by atoms with van der Waals surface area (Å²) in [6.07, 6.45) is 1.35. The number of ether oxygens (including phenoxy) is 1. The van der Waals surface area contributed by atoms with Gasteiger partial charge in [-0.1, -0.05) is 11.8 Å². The second-order valence-corrected chi connectivity index (χ2v) is 4.77. The van der Waals surface area contributed by atoms with Crippen LogP contribution >= 0.6 is 11.8 Å². The number of imide groups is 1. The van der Waals surface area contributed by atoms with Crippen LogP contribution in [0.1, 0.15) is 10.4 Å². The fourth-order valence-electron chi connectivity index (χ4n) is 1.23. The van der Waals surface area contributed by atoms with Crippen LogP contribution in [0.5, 0.6) is 0 Å². The lowest BCUT2D eigenvalue weighted by molar-refractivity contribution is -0.117. The Morgan fingerprint density at radius 1 is 1.43 bits per heavy atom. The molecule has 0 fully saturated rings. The first-order chi connectivity index (χ1) is 10.0. The molecule has 8 nitrogen and oxygen atoms in total. The molecule has 0 saturated heterocycles. The fraction of sp³-hybridized carbons (Fsp3) is 0.333. The number of hydrogen-bond acceptors (Lipinski definition) is 6. The SMILES string of the molecule is COCCNC(=O)NC(=O)CSc1cc(C(=O)O)ccn1. The third-order valence-electron chi connectivity index (χ3n) is 2.18. The smallest absolute Gasteiger partial charge is 0.335 e. The highest BCUT2D eigenvalue weighted by Crippen LogP contribution is 2.15. The summed E-state index contributed by atoms with van der Waals surface area (Å²) < 4.78 is 4.75. The van der Waals surface area contributed by atoms with Crippen LogP contribution in [0.3, 0.4) is 0 Å². The Kier molecular flexibility index (Phi) is 7.19. The van der Waals surface area contributed by atoms with Gasteiger partial charge in [-0.3, -0.25) is 10.1 Å². The number of rotatable bonds is 7. The molecule has 3 N–H and O–H groups in total. The van der Waals surface area contributed by atoms with Gasteiger partial charge in [0.25, 0.3) is 0 Å². The van der Waals surface area contributed by atoms with Crippen molar-refractivity contribution in [2.24, 2.45) is 0 Å². The highest BCUT2D eigenvalue weighted by atomic mass is 32.2. The first-order valence-electron chi connectivity index (χ1n) is 5.91. The first kappa shape index (κ1) is 16.9. The van der Waals surface area contributed by atoms with E-state index in [2.05, 4.69) is 15.6 Å². The van der Waals surface area contributed by atoms with Gasteiger partial charge in [-0.15, -0.1) is 0 Å². The molecular weight excluding hydrogens is 298 g/mol. The minimum absolute atomic E-state index is 0.0478. The summed E-state index contributed by atoms with van der Waals surface area (Å²) in [5.74, 6) is -1.62. The first-order valence-corrected chi connectivity index (χ1v) is 6.90. The molecule has 0 bridgehead atoms. The lowest BCUT2D eigenvalue weighted by Crippen LogP contribution is -2.41. The van der Waals surface area contributed by atoms with Crippen molar-refractivity contribution in [3.8, 4) is 0 Å². The standard InChI is InChI=1S/C12H15N3O5S/c1-20-5-4-14-12(19)15-9(16)7-21-10-6-8(11(17)18)2-3-13-10/h2-3,6H,4-5,7H2,1H3,(H,17,18)(H2,14,15,16,19). The average molecular weight is 313 g/mol. The lowest BCUT2D eigenvalue weighted by atomic mass is 10.3. The van der Waals surface area contributed by atoms with Gasteiger partial charge in [0.2, 0.25) is 5.91 Å². The summed E-state index contributed by atoms with van der Waals surface area (Å²) in [5.41, 5.74) is 0.0882. The molecule has 0 aromatic carbocycles. The molecule has 0 spiro atoms. The number of pyridine rings is 1. The maximum absolute atomic E-state index is 11.5. The largest absolute Gasteiger partial charge is 0.478 e. The van der Waals surface area contributed by atoms with E-state index in [1.165, 1.54) is 25.4 Å². The Morgan fingerprint density at radius 2 is 2.19 bits per heavy atom. The summed E-state index contributed by atoms with van der Waals surface area (Å²) in [6, 6.07) is 2.11. The zero-order valence-electron chi connectivity index (χ0n) is 11.3. The summed E-state index contributed by atoms with van der Waals surface area (Å²) >= 11 is 1.04. The van der Waals surface area contributed by atoms with E-state index in [0.29, 0.717) is 18.2 Å². The normalized spacial score (nSPS) is 9.95. The Hall–Kier alpha value is -2.13. The molecule has 0 aliphatic carbocycles. The van der Waals surface area contributed by atoms with Crippen LogP contribution in [0.4, 0.5) is 4.79 Å². The molecule has 9 heteroatoms. The summed E-state index contributed by atoms with van der Waals surface area (Å²) in [7, 11) is 1.50. The molecule has 1 heterocycles. The number of aromatic carboxylic acids is 1. The van der Waals surface area contributed by atoms with E-state index in [9.17, 15) is 14.4 Å². The Labute approximate surface area is 125 Å². The van der Waals surface area contributed by atoms with E-state index in [0.717, 1.165) is 11.8 Å². The van der Waals surface area contributed by atoms with Crippen molar-refractivity contribution in [1.29, 1.82) is 0 Å². The second kappa shape index (κ2) is 8.93. The third-order valence-corrected chi connectivity index (χ3v) is 3.10. The highest BCUT2D eigenvalue weighted by molar-refractivity contribution is 7.99. The van der Waals surface area contributed by atoms with E-state index < -0.39 is 17.9 Å². The van der Waals surface area contributed by atoms with Crippen molar-refractivity contribution in [2.75, 3.05) is 26.0 Å². The Balaban J connectivity index is 2.37. The number of nitrogens with zero attached hydrogens (tertiary/aromatic N) is 1. The molecule has 3 amide bonds. The van der Waals surface area contributed by atoms with Crippen LogP contribution < -0.4 is 10.6 Å². The number of urea groups is 1. The molecule has 21 heavy (non-hydrogen) atoms. The second-order valence-electron chi connectivity index (χ2n) is 3.77. The topological polar surface area (TPSA) is 118 Å². The van der Waals surface area contributed by atoms with Crippen molar-refractivity contribution >= 4 is 29.7 Å². The van der Waals surface area contributed by atoms with Crippen molar-refractivity contribution in [3.63, 3.8) is 0 Å². The number of nitrogens with one attached hydrogen (secondary N) is 2. The zero-order valence-corrected chi connectivity index (χ0v) is 12.1. The van der Waals surface area contributed by atoms with Crippen LogP contribution in [-0.2, 0) is 9.53 Å². The van der Waals surface area contributed by atoms with E-state index in [1.807, 2.05) is 0 Å². The number of thioether (sulfide) groups is 1. The number of methoxy groups -OCH3 is 1. The third kappa shape index (κ3) is 6.72. The van der Waals surface area contributed by atoms with Crippen LogP contribution in [-0.4, -0.2) is 54.0 Å². The Morgan fingerprint density at radius 3 is 2.86 bits per heavy atom.